The van der Waals surface area contributed by atoms with Crippen molar-refractivity contribution in [2.45, 2.75) is 32.8 Å². The van der Waals surface area contributed by atoms with Crippen LogP contribution in [-0.2, 0) is 11.2 Å². The topological polar surface area (TPSA) is 78.8 Å². The summed E-state index contributed by atoms with van der Waals surface area (Å²) in [5.41, 5.74) is 0.165. The molecule has 3 N–H and O–H groups in total. The van der Waals surface area contributed by atoms with E-state index in [1.165, 1.54) is 0 Å². The first kappa shape index (κ1) is 18.6. The molecule has 0 radical (unpaired) electrons. The molecule has 8 heteroatoms. The Balaban J connectivity index is 2.75. The number of phenols is 2. The third-order valence-electron chi connectivity index (χ3n) is 2.41. The fourth-order valence-corrected chi connectivity index (χ4v) is 3.37. The van der Waals surface area contributed by atoms with Crippen LogP contribution in [0, 0.1) is 0 Å². The predicted molar refractivity (Wildman–Crippen MR) is 90.8 cm³/mol. The molecule has 0 heterocycles. The van der Waals surface area contributed by atoms with Crippen LogP contribution in [0.25, 0.3) is 0 Å². The summed E-state index contributed by atoms with van der Waals surface area (Å²) in [5.74, 6) is -0.505. The minimum atomic E-state index is -0.551. The Morgan fingerprint density at radius 2 is 1.62 bits per heavy atom. The van der Waals surface area contributed by atoms with Crippen molar-refractivity contribution >= 4 is 53.9 Å². The van der Waals surface area contributed by atoms with E-state index in [9.17, 15) is 15.0 Å². The molecule has 5 nitrogen and oxygen atoms in total. The van der Waals surface area contributed by atoms with Crippen LogP contribution in [0.3, 0.4) is 0 Å². The molecule has 1 aromatic carbocycles. The van der Waals surface area contributed by atoms with Gasteiger partial charge in [0.2, 0.25) is 0 Å². The van der Waals surface area contributed by atoms with Crippen LogP contribution in [0.4, 0.5) is 4.79 Å². The lowest BCUT2D eigenvalue weighted by atomic mass is 10.1. The monoisotopic (exact) mass is 487 g/mol. The van der Waals surface area contributed by atoms with Crippen molar-refractivity contribution in [3.05, 3.63) is 19.0 Å². The number of carbonyl (C=O) groups excluding carboxylic acids is 1. The Morgan fingerprint density at radius 1 is 1.10 bits per heavy atom. The fraction of sp³-hybridized carbons (Fsp3) is 0.462. The lowest BCUT2D eigenvalue weighted by Gasteiger charge is -2.20. The second kappa shape index (κ2) is 7.19. The first-order valence-electron chi connectivity index (χ1n) is 6.08. The zero-order valence-corrected chi connectivity index (χ0v) is 16.5. The van der Waals surface area contributed by atoms with Crippen LogP contribution in [0.15, 0.2) is 13.4 Å². The maximum absolute atomic E-state index is 11.6. The van der Waals surface area contributed by atoms with Gasteiger partial charge in [0.05, 0.1) is 8.95 Å². The van der Waals surface area contributed by atoms with E-state index in [-0.39, 0.29) is 11.5 Å². The molecular weight excluding hydrogens is 474 g/mol. The number of ether oxygens (including phenoxy) is 1. The molecule has 1 amide bonds. The third-order valence-corrected chi connectivity index (χ3v) is 5.44. The second-order valence-corrected chi connectivity index (χ2v) is 7.68. The molecule has 0 unspecified atom stereocenters. The minimum absolute atomic E-state index is 0.252. The van der Waals surface area contributed by atoms with E-state index < -0.39 is 11.7 Å². The number of carbonyl (C=O) groups is 1. The molecule has 0 bridgehead atoms. The van der Waals surface area contributed by atoms with Gasteiger partial charge in [0.25, 0.3) is 0 Å². The van der Waals surface area contributed by atoms with Gasteiger partial charge < -0.3 is 20.3 Å². The van der Waals surface area contributed by atoms with Gasteiger partial charge >= 0.3 is 6.09 Å². The van der Waals surface area contributed by atoms with Crippen LogP contribution < -0.4 is 5.32 Å². The van der Waals surface area contributed by atoms with Gasteiger partial charge in [0.1, 0.15) is 5.60 Å². The largest absolute Gasteiger partial charge is 0.503 e. The standard InChI is InChI=1S/C13H16Br3NO4/c1-13(2,3)21-12(20)17-5-4-6-7(14)9(16)11(19)10(18)8(6)15/h18-19H,4-5H2,1-3H3,(H,17,20). The Morgan fingerprint density at radius 3 is 2.14 bits per heavy atom. The molecule has 0 aliphatic rings. The quantitative estimate of drug-likeness (QED) is 0.433. The number of halogens is 3. The molecule has 0 spiro atoms. The van der Waals surface area contributed by atoms with E-state index >= 15 is 0 Å². The number of hydrogen-bond donors (Lipinski definition) is 3. The number of nitrogens with one attached hydrogen (secondary N) is 1. The molecule has 21 heavy (non-hydrogen) atoms. The minimum Gasteiger partial charge on any atom is -0.503 e. The highest BCUT2D eigenvalue weighted by atomic mass is 79.9. The fourth-order valence-electron chi connectivity index (χ4n) is 1.51. The van der Waals surface area contributed by atoms with Crippen molar-refractivity contribution < 1.29 is 19.7 Å². The van der Waals surface area contributed by atoms with Gasteiger partial charge in [-0.1, -0.05) is 0 Å². The molecule has 118 valence electrons. The smallest absolute Gasteiger partial charge is 0.407 e. The average molecular weight is 490 g/mol. The Labute approximate surface area is 148 Å². The van der Waals surface area contributed by atoms with Crippen LogP contribution in [-0.4, -0.2) is 28.5 Å². The highest BCUT2D eigenvalue weighted by Crippen LogP contribution is 2.46. The Bertz CT molecular complexity index is 526. The number of amides is 1. The van der Waals surface area contributed by atoms with Crippen LogP contribution in [0.1, 0.15) is 26.3 Å². The molecule has 1 aromatic rings. The molecule has 0 aromatic heterocycles. The number of benzene rings is 1. The summed E-state index contributed by atoms with van der Waals surface area (Å²) >= 11 is 9.75. The lowest BCUT2D eigenvalue weighted by molar-refractivity contribution is 0.0528. The summed E-state index contributed by atoms with van der Waals surface area (Å²) in [6.45, 7) is 5.68. The predicted octanol–water partition coefficient (Wildman–Crippen LogP) is 4.45. The second-order valence-electron chi connectivity index (χ2n) is 5.30. The van der Waals surface area contributed by atoms with Crippen LogP contribution in [0.2, 0.25) is 0 Å². The highest BCUT2D eigenvalue weighted by molar-refractivity contribution is 9.13. The summed E-state index contributed by atoms with van der Waals surface area (Å²) < 4.78 is 6.47. The number of rotatable bonds is 3. The summed E-state index contributed by atoms with van der Waals surface area (Å²) in [7, 11) is 0. The molecule has 0 aliphatic carbocycles. The van der Waals surface area contributed by atoms with Gasteiger partial charge in [-0.2, -0.15) is 0 Å². The number of alkyl carbamates (subject to hydrolysis) is 1. The van der Waals surface area contributed by atoms with Crippen molar-refractivity contribution in [1.29, 1.82) is 0 Å². The number of aromatic hydroxyl groups is 2. The SMILES string of the molecule is CC(C)(C)OC(=O)NCCc1c(Br)c(O)c(O)c(Br)c1Br. The molecule has 0 saturated carbocycles. The van der Waals surface area contributed by atoms with E-state index in [4.69, 9.17) is 4.74 Å². The molecule has 0 fully saturated rings. The molecule has 0 aliphatic heterocycles. The summed E-state index contributed by atoms with van der Waals surface area (Å²) in [6.07, 6.45) is -0.0656. The van der Waals surface area contributed by atoms with Crippen molar-refractivity contribution in [2.75, 3.05) is 6.54 Å². The van der Waals surface area contributed by atoms with Crippen molar-refractivity contribution in [3.63, 3.8) is 0 Å². The van der Waals surface area contributed by atoms with E-state index in [1.54, 1.807) is 20.8 Å². The maximum Gasteiger partial charge on any atom is 0.407 e. The number of phenolic OH excluding ortho intramolecular Hbond substituents is 2. The summed E-state index contributed by atoms with van der Waals surface area (Å²) in [4.78, 5) is 11.6. The van der Waals surface area contributed by atoms with Gasteiger partial charge in [0.15, 0.2) is 11.5 Å². The zero-order valence-electron chi connectivity index (χ0n) is 11.8. The first-order chi connectivity index (χ1) is 9.54. The van der Waals surface area contributed by atoms with Crippen LogP contribution in [0.5, 0.6) is 11.5 Å². The first-order valence-corrected chi connectivity index (χ1v) is 8.46. The molecule has 0 atom stereocenters. The average Bonchev–Trinajstić information content (AvgIpc) is 2.36. The van der Waals surface area contributed by atoms with E-state index in [1.807, 2.05) is 0 Å². The normalized spacial score (nSPS) is 11.3. The third kappa shape index (κ3) is 5.03. The van der Waals surface area contributed by atoms with Gasteiger partial charge in [-0.25, -0.2) is 4.79 Å². The Kier molecular flexibility index (Phi) is 6.36. The van der Waals surface area contributed by atoms with E-state index in [2.05, 4.69) is 53.1 Å². The number of hydrogen-bond acceptors (Lipinski definition) is 4. The Hall–Kier alpha value is -0.470. The van der Waals surface area contributed by atoms with Gasteiger partial charge in [-0.3, -0.25) is 0 Å². The van der Waals surface area contributed by atoms with Gasteiger partial charge in [-0.15, -0.1) is 0 Å². The highest BCUT2D eigenvalue weighted by Gasteiger charge is 2.20. The van der Waals surface area contributed by atoms with Gasteiger partial charge in [-0.05, 0) is 80.5 Å². The zero-order chi connectivity index (χ0) is 16.4. The van der Waals surface area contributed by atoms with E-state index in [0.717, 1.165) is 0 Å². The summed E-state index contributed by atoms with van der Waals surface area (Å²) in [5, 5.41) is 22.1. The molecular formula is C13H16Br3NO4. The van der Waals surface area contributed by atoms with E-state index in [0.29, 0.717) is 31.9 Å². The van der Waals surface area contributed by atoms with Crippen molar-refractivity contribution in [3.8, 4) is 11.5 Å². The molecule has 1 rings (SSSR count). The summed E-state index contributed by atoms with van der Waals surface area (Å²) in [6, 6.07) is 0. The van der Waals surface area contributed by atoms with Crippen LogP contribution >= 0.6 is 47.8 Å². The maximum atomic E-state index is 11.6. The van der Waals surface area contributed by atoms with Gasteiger partial charge in [0, 0.05) is 11.0 Å². The van der Waals surface area contributed by atoms with Crippen molar-refractivity contribution in [2.24, 2.45) is 0 Å². The molecule has 0 saturated heterocycles. The lowest BCUT2D eigenvalue weighted by Crippen LogP contribution is -2.33. The van der Waals surface area contributed by atoms with Crippen molar-refractivity contribution in [1.82, 2.24) is 5.32 Å².